The summed E-state index contributed by atoms with van der Waals surface area (Å²) in [6.07, 6.45) is 9.67. The van der Waals surface area contributed by atoms with Gasteiger partial charge in [-0.3, -0.25) is 0 Å². The summed E-state index contributed by atoms with van der Waals surface area (Å²) in [5.74, 6) is 1.00. The van der Waals surface area contributed by atoms with E-state index in [0.717, 1.165) is 13.0 Å². The lowest BCUT2D eigenvalue weighted by Gasteiger charge is -2.03. The van der Waals surface area contributed by atoms with Crippen molar-refractivity contribution in [2.24, 2.45) is 10.2 Å². The van der Waals surface area contributed by atoms with Crippen LogP contribution in [0.5, 0.6) is 0 Å². The third kappa shape index (κ3) is 3.64. The van der Waals surface area contributed by atoms with Crippen LogP contribution in [0.15, 0.2) is 28.8 Å². The fourth-order valence-electron chi connectivity index (χ4n) is 1.74. The smallest absolute Gasteiger partial charge is 0.246 e. The minimum absolute atomic E-state index is 0.454. The van der Waals surface area contributed by atoms with E-state index in [2.05, 4.69) is 32.2 Å². The number of rotatable bonds is 7. The highest BCUT2D eigenvalue weighted by molar-refractivity contribution is 5.56. The Balaban J connectivity index is 1.94. The molecule has 3 N–H and O–H groups in total. The summed E-state index contributed by atoms with van der Waals surface area (Å²) in [6.45, 7) is 3.01. The lowest BCUT2D eigenvalue weighted by Crippen LogP contribution is -2.04. The number of aromatic nitrogens is 4. The first-order valence-corrected chi connectivity index (χ1v) is 6.53. The zero-order chi connectivity index (χ0) is 13.5. The van der Waals surface area contributed by atoms with Crippen molar-refractivity contribution in [2.75, 3.05) is 5.73 Å². The first-order valence-electron chi connectivity index (χ1n) is 6.53. The molecule has 0 amide bonds. The summed E-state index contributed by atoms with van der Waals surface area (Å²) in [6, 6.07) is 0. The zero-order valence-corrected chi connectivity index (χ0v) is 11.1. The van der Waals surface area contributed by atoms with Gasteiger partial charge in [-0.25, -0.2) is 9.67 Å². The Morgan fingerprint density at radius 3 is 2.95 bits per heavy atom. The Labute approximate surface area is 112 Å². The van der Waals surface area contributed by atoms with Gasteiger partial charge in [0.15, 0.2) is 0 Å². The fraction of sp³-hybridized carbons (Fsp3) is 0.500. The second-order valence-corrected chi connectivity index (χ2v) is 4.31. The van der Waals surface area contributed by atoms with E-state index in [1.165, 1.54) is 19.3 Å². The van der Waals surface area contributed by atoms with Crippen LogP contribution < -0.4 is 5.73 Å². The number of nitrogens with zero attached hydrogens (tertiary/aromatic N) is 5. The quantitative estimate of drug-likeness (QED) is 0.591. The summed E-state index contributed by atoms with van der Waals surface area (Å²) in [5, 5.41) is 12.2. The lowest BCUT2D eigenvalue weighted by atomic mass is 10.2. The molecule has 0 atom stereocenters. The van der Waals surface area contributed by atoms with Crippen LogP contribution in [0.4, 0.5) is 17.5 Å². The molecule has 2 heterocycles. The number of imidazole rings is 1. The molecule has 0 radical (unpaired) electrons. The van der Waals surface area contributed by atoms with Gasteiger partial charge in [-0.1, -0.05) is 26.2 Å². The highest BCUT2D eigenvalue weighted by Crippen LogP contribution is 2.23. The van der Waals surface area contributed by atoms with Gasteiger partial charge in [0.25, 0.3) is 0 Å². The third-order valence-electron chi connectivity index (χ3n) is 2.82. The first kappa shape index (κ1) is 13.3. The summed E-state index contributed by atoms with van der Waals surface area (Å²) in [5.41, 5.74) is 6.55. The van der Waals surface area contributed by atoms with Crippen molar-refractivity contribution >= 4 is 17.5 Å². The monoisotopic (exact) mass is 261 g/mol. The molecular weight excluding hydrogens is 242 g/mol. The molecule has 2 rings (SSSR count). The van der Waals surface area contributed by atoms with Crippen LogP contribution in [0.2, 0.25) is 0 Å². The van der Waals surface area contributed by atoms with E-state index in [1.54, 1.807) is 23.3 Å². The Kier molecular flexibility index (Phi) is 4.66. The van der Waals surface area contributed by atoms with Crippen LogP contribution in [-0.4, -0.2) is 19.7 Å². The molecule has 0 aliphatic carbocycles. The molecule has 0 spiro atoms. The maximum absolute atomic E-state index is 5.97. The number of hydrogen-bond acceptors (Lipinski definition) is 5. The van der Waals surface area contributed by atoms with Gasteiger partial charge in [-0.05, 0) is 6.42 Å². The summed E-state index contributed by atoms with van der Waals surface area (Å²) in [4.78, 5) is 6.80. The van der Waals surface area contributed by atoms with Gasteiger partial charge >= 0.3 is 0 Å². The van der Waals surface area contributed by atoms with Gasteiger partial charge in [0.1, 0.15) is 11.5 Å². The number of nitrogens with one attached hydrogen (secondary N) is 1. The van der Waals surface area contributed by atoms with E-state index in [-0.39, 0.29) is 0 Å². The van der Waals surface area contributed by atoms with Crippen LogP contribution in [0.25, 0.3) is 0 Å². The number of anilines is 1. The molecule has 0 saturated carbocycles. The predicted octanol–water partition coefficient (Wildman–Crippen LogP) is 3.18. The fourth-order valence-corrected chi connectivity index (χ4v) is 1.74. The van der Waals surface area contributed by atoms with Crippen molar-refractivity contribution < 1.29 is 0 Å². The van der Waals surface area contributed by atoms with E-state index < -0.39 is 0 Å². The number of aryl methyl sites for hydroxylation is 1. The number of H-pyrrole nitrogens is 1. The van der Waals surface area contributed by atoms with E-state index in [1.807, 2.05) is 0 Å². The second-order valence-electron chi connectivity index (χ2n) is 4.31. The minimum Gasteiger partial charge on any atom is -0.382 e. The van der Waals surface area contributed by atoms with Crippen molar-refractivity contribution in [2.45, 2.75) is 39.2 Å². The maximum atomic E-state index is 5.97. The lowest BCUT2D eigenvalue weighted by molar-refractivity contribution is 0.547. The Hall–Kier alpha value is -2.18. The number of nitrogens with two attached hydrogens (primary N) is 1. The van der Waals surface area contributed by atoms with Crippen LogP contribution in [-0.2, 0) is 6.54 Å². The van der Waals surface area contributed by atoms with Crippen molar-refractivity contribution in [3.8, 4) is 0 Å². The molecule has 0 saturated heterocycles. The van der Waals surface area contributed by atoms with Gasteiger partial charge < -0.3 is 10.7 Å². The van der Waals surface area contributed by atoms with Gasteiger partial charge in [0, 0.05) is 18.9 Å². The van der Waals surface area contributed by atoms with Gasteiger partial charge in [0.2, 0.25) is 5.95 Å². The van der Waals surface area contributed by atoms with E-state index in [0.29, 0.717) is 17.5 Å². The van der Waals surface area contributed by atoms with E-state index in [9.17, 15) is 0 Å². The standard InChI is InChI=1S/C12H19N7/c1-2-3-4-5-8-19-11(13)10(9-16-19)17-18-12-14-6-7-15-12/h6-7,9H,2-5,8,13H2,1H3,(H,14,15). The molecular formula is C12H19N7. The molecule has 2 aromatic rings. The van der Waals surface area contributed by atoms with E-state index >= 15 is 0 Å². The number of unbranched alkanes of at least 4 members (excludes halogenated alkanes) is 3. The Morgan fingerprint density at radius 2 is 2.21 bits per heavy atom. The predicted molar refractivity (Wildman–Crippen MR) is 73.5 cm³/mol. The van der Waals surface area contributed by atoms with Gasteiger partial charge in [-0.15, -0.1) is 10.2 Å². The number of nitrogen functional groups attached to an aromatic ring is 1. The molecule has 7 heteroatoms. The number of aromatic amines is 1. The normalized spacial score (nSPS) is 11.4. The summed E-state index contributed by atoms with van der Waals surface area (Å²) in [7, 11) is 0. The topological polar surface area (TPSA) is 97.2 Å². The SMILES string of the molecule is CCCCCCn1ncc(N=Nc2ncc[nH]2)c1N. The van der Waals surface area contributed by atoms with Crippen LogP contribution in [0.3, 0.4) is 0 Å². The van der Waals surface area contributed by atoms with Crippen LogP contribution >= 0.6 is 0 Å². The molecule has 19 heavy (non-hydrogen) atoms. The summed E-state index contributed by atoms with van der Waals surface area (Å²) < 4.78 is 1.77. The highest BCUT2D eigenvalue weighted by Gasteiger charge is 2.06. The molecule has 2 aromatic heterocycles. The summed E-state index contributed by atoms with van der Waals surface area (Å²) >= 11 is 0. The molecule has 0 fully saturated rings. The Morgan fingerprint density at radius 1 is 1.32 bits per heavy atom. The van der Waals surface area contributed by atoms with Crippen LogP contribution in [0.1, 0.15) is 32.6 Å². The first-order chi connectivity index (χ1) is 9.31. The molecule has 7 nitrogen and oxygen atoms in total. The van der Waals surface area contributed by atoms with Crippen molar-refractivity contribution in [3.63, 3.8) is 0 Å². The van der Waals surface area contributed by atoms with Gasteiger partial charge in [-0.2, -0.15) is 5.10 Å². The highest BCUT2D eigenvalue weighted by atomic mass is 15.3. The molecule has 0 aromatic carbocycles. The largest absolute Gasteiger partial charge is 0.382 e. The zero-order valence-electron chi connectivity index (χ0n) is 11.1. The Bertz CT molecular complexity index is 512. The second kappa shape index (κ2) is 6.67. The number of azo groups is 1. The maximum Gasteiger partial charge on any atom is 0.246 e. The van der Waals surface area contributed by atoms with Crippen molar-refractivity contribution in [3.05, 3.63) is 18.6 Å². The number of hydrogen-bond donors (Lipinski definition) is 2. The van der Waals surface area contributed by atoms with Gasteiger partial charge in [0.05, 0.1) is 6.20 Å². The molecule has 0 unspecified atom stereocenters. The average Bonchev–Trinajstić information content (AvgIpc) is 3.04. The van der Waals surface area contributed by atoms with Crippen molar-refractivity contribution in [1.29, 1.82) is 0 Å². The van der Waals surface area contributed by atoms with E-state index in [4.69, 9.17) is 5.73 Å². The molecule has 0 bridgehead atoms. The third-order valence-corrected chi connectivity index (χ3v) is 2.82. The molecule has 102 valence electrons. The van der Waals surface area contributed by atoms with Crippen molar-refractivity contribution in [1.82, 2.24) is 19.7 Å². The average molecular weight is 261 g/mol. The minimum atomic E-state index is 0.454. The molecule has 0 aliphatic rings. The van der Waals surface area contributed by atoms with Crippen LogP contribution in [0, 0.1) is 0 Å². The molecule has 0 aliphatic heterocycles.